The Hall–Kier alpha value is -3.38. The average molecular weight is 645 g/mol. The van der Waals surface area contributed by atoms with Crippen molar-refractivity contribution in [3.63, 3.8) is 0 Å². The van der Waals surface area contributed by atoms with Gasteiger partial charge in [0.2, 0.25) is 11.8 Å². The van der Waals surface area contributed by atoms with Gasteiger partial charge in [0.15, 0.2) is 0 Å². The minimum Gasteiger partial charge on any atom is -0.340 e. The minimum absolute atomic E-state index is 0.0728. The van der Waals surface area contributed by atoms with Gasteiger partial charge in [-0.25, -0.2) is 13.8 Å². The van der Waals surface area contributed by atoms with Crippen molar-refractivity contribution in [1.82, 2.24) is 14.8 Å². The maximum absolute atomic E-state index is 13.7. The Morgan fingerprint density at radius 1 is 1.14 bits per heavy atom. The number of carbonyl (C=O) groups is 3. The van der Waals surface area contributed by atoms with Gasteiger partial charge in [0.25, 0.3) is 12.3 Å². The first-order valence-electron chi connectivity index (χ1n) is 14.5. The van der Waals surface area contributed by atoms with Crippen LogP contribution < -0.4 is 0 Å². The molecule has 1 aromatic carbocycles. The topological polar surface area (TPSA) is 140 Å². The molecule has 3 amide bonds. The van der Waals surface area contributed by atoms with Crippen LogP contribution in [0.4, 0.5) is 8.78 Å². The minimum atomic E-state index is -4.23. The molecular formula is C30H31F2N4O6PS. The maximum Gasteiger partial charge on any atom is 0.329 e. The number of aliphatic imine (C=N–C) groups is 1. The van der Waals surface area contributed by atoms with Crippen molar-refractivity contribution in [2.75, 3.05) is 13.1 Å². The molecule has 44 heavy (non-hydrogen) atoms. The Kier molecular flexibility index (Phi) is 8.49. The standard InChI is InChI=1S/C30H31F2N4O6PS/c31-27(32)26-22(5-2-10-33-26)20-14-35(15-20)30(39)23-8-7-21-4-1-3-18(29(38)36(21)23)13-34-28(37)25-12-19-11-17(16-43(40,41)42)6-9-24(19)44-25/h2,5-6,9-13,18,20-21,23,27H,1,3-4,7-8,14-16H2,(H2,40,41,42)/t18?,21-,23-/m0/s1. The molecule has 3 fully saturated rings. The van der Waals surface area contributed by atoms with Crippen LogP contribution in [0.2, 0.25) is 0 Å². The fourth-order valence-electron chi connectivity index (χ4n) is 6.55. The molecule has 0 aliphatic carbocycles. The lowest BCUT2D eigenvalue weighted by Gasteiger charge is -2.43. The van der Waals surface area contributed by atoms with Crippen molar-refractivity contribution >= 4 is 53.0 Å². The average Bonchev–Trinajstić information content (AvgIpc) is 3.53. The number of rotatable bonds is 7. The van der Waals surface area contributed by atoms with Gasteiger partial charge in [-0.1, -0.05) is 18.6 Å². The second-order valence-electron chi connectivity index (χ2n) is 11.6. The van der Waals surface area contributed by atoms with E-state index in [2.05, 4.69) is 9.98 Å². The van der Waals surface area contributed by atoms with Crippen LogP contribution in [0.15, 0.2) is 47.6 Å². The lowest BCUT2D eigenvalue weighted by atomic mass is 9.89. The summed E-state index contributed by atoms with van der Waals surface area (Å²) in [6.07, 6.45) is 2.85. The van der Waals surface area contributed by atoms with Crippen LogP contribution in [-0.2, 0) is 20.3 Å². The third-order valence-electron chi connectivity index (χ3n) is 8.67. The first-order chi connectivity index (χ1) is 21.0. The molecule has 2 N–H and O–H groups in total. The monoisotopic (exact) mass is 644 g/mol. The van der Waals surface area contributed by atoms with Gasteiger partial charge in [0.05, 0.1) is 17.0 Å². The van der Waals surface area contributed by atoms with E-state index in [4.69, 9.17) is 0 Å². The Morgan fingerprint density at radius 3 is 2.68 bits per heavy atom. The number of carbonyl (C=O) groups excluding carboxylic acids is 3. The van der Waals surface area contributed by atoms with E-state index < -0.39 is 38.1 Å². The number of fused-ring (bicyclic) bond motifs is 2. The van der Waals surface area contributed by atoms with Gasteiger partial charge in [0.1, 0.15) is 11.7 Å². The number of likely N-dealkylation sites (tertiary alicyclic amines) is 1. The molecule has 3 aromatic rings. The summed E-state index contributed by atoms with van der Waals surface area (Å²) in [5, 5.41) is 0.675. The van der Waals surface area contributed by atoms with Gasteiger partial charge in [-0.2, -0.15) is 0 Å². The Morgan fingerprint density at radius 2 is 1.93 bits per heavy atom. The molecule has 3 atom stereocenters. The number of benzene rings is 1. The van der Waals surface area contributed by atoms with E-state index in [0.29, 0.717) is 53.7 Å². The second kappa shape index (κ2) is 12.2. The van der Waals surface area contributed by atoms with Crippen LogP contribution in [0, 0.1) is 5.92 Å². The summed E-state index contributed by atoms with van der Waals surface area (Å²) in [6, 6.07) is 9.12. The molecule has 0 saturated carbocycles. The zero-order chi connectivity index (χ0) is 31.2. The van der Waals surface area contributed by atoms with Crippen LogP contribution in [0.1, 0.15) is 70.9 Å². The second-order valence-corrected chi connectivity index (χ2v) is 14.4. The van der Waals surface area contributed by atoms with Gasteiger partial charge in [-0.05, 0) is 66.5 Å². The summed E-state index contributed by atoms with van der Waals surface area (Å²) in [7, 11) is -4.23. The summed E-state index contributed by atoms with van der Waals surface area (Å²) >= 11 is 1.21. The molecule has 3 saturated heterocycles. The van der Waals surface area contributed by atoms with Crippen LogP contribution in [0.5, 0.6) is 0 Å². The largest absolute Gasteiger partial charge is 0.340 e. The first-order valence-corrected chi connectivity index (χ1v) is 17.1. The van der Waals surface area contributed by atoms with E-state index in [1.54, 1.807) is 46.2 Å². The normalized spacial score (nSPS) is 22.9. The van der Waals surface area contributed by atoms with E-state index in [9.17, 15) is 37.5 Å². The van der Waals surface area contributed by atoms with Crippen LogP contribution in [-0.4, -0.2) is 73.7 Å². The van der Waals surface area contributed by atoms with Crippen LogP contribution in [0.3, 0.4) is 0 Å². The fraction of sp³-hybridized carbons (Fsp3) is 0.433. The Labute approximate surface area is 255 Å². The number of pyridine rings is 1. The van der Waals surface area contributed by atoms with Crippen LogP contribution in [0.25, 0.3) is 10.1 Å². The molecule has 2 aromatic heterocycles. The molecule has 0 radical (unpaired) electrons. The third-order valence-corrected chi connectivity index (χ3v) is 10.6. The van der Waals surface area contributed by atoms with E-state index in [1.807, 2.05) is 0 Å². The SMILES string of the molecule is O=C(N=CC1CCC[C@H]2CC[C@@H](C(=O)N3CC(c4cccnc4C(F)F)C3)N2C1=O)c1cc2cc(CP(=O)(O)O)ccc2s1. The smallest absolute Gasteiger partial charge is 0.329 e. The number of halogens is 2. The molecule has 5 heterocycles. The Balaban J connectivity index is 1.12. The van der Waals surface area contributed by atoms with E-state index >= 15 is 0 Å². The van der Waals surface area contributed by atoms with Crippen molar-refractivity contribution in [2.45, 2.75) is 62.7 Å². The number of amides is 3. The van der Waals surface area contributed by atoms with E-state index in [1.165, 1.54) is 23.7 Å². The number of hydrogen-bond acceptors (Lipinski definition) is 6. The molecule has 10 nitrogen and oxygen atoms in total. The number of nitrogens with zero attached hydrogens (tertiary/aromatic N) is 4. The van der Waals surface area contributed by atoms with Gasteiger partial charge < -0.3 is 19.6 Å². The number of aromatic nitrogens is 1. The fourth-order valence-corrected chi connectivity index (χ4v) is 8.16. The molecule has 0 bridgehead atoms. The van der Waals surface area contributed by atoms with Crippen molar-refractivity contribution < 1.29 is 37.5 Å². The third kappa shape index (κ3) is 6.24. The predicted molar refractivity (Wildman–Crippen MR) is 160 cm³/mol. The number of hydrogen-bond donors (Lipinski definition) is 2. The summed E-state index contributed by atoms with van der Waals surface area (Å²) in [5.41, 5.74) is 0.649. The zero-order valence-electron chi connectivity index (χ0n) is 23.6. The highest BCUT2D eigenvalue weighted by Gasteiger charge is 2.47. The summed E-state index contributed by atoms with van der Waals surface area (Å²) < 4.78 is 39.0. The van der Waals surface area contributed by atoms with Crippen molar-refractivity contribution in [1.29, 1.82) is 0 Å². The lowest BCUT2D eigenvalue weighted by molar-refractivity contribution is -0.148. The highest BCUT2D eigenvalue weighted by Crippen LogP contribution is 2.41. The quantitative estimate of drug-likeness (QED) is 0.275. The maximum atomic E-state index is 13.7. The summed E-state index contributed by atoms with van der Waals surface area (Å²) in [5.74, 6) is -1.82. The number of alkyl halides is 2. The predicted octanol–water partition coefficient (Wildman–Crippen LogP) is 4.91. The molecule has 1 unspecified atom stereocenters. The van der Waals surface area contributed by atoms with Gasteiger partial charge in [-0.15, -0.1) is 11.3 Å². The van der Waals surface area contributed by atoms with Gasteiger partial charge in [0, 0.05) is 42.2 Å². The van der Waals surface area contributed by atoms with Crippen molar-refractivity contribution in [3.05, 3.63) is 64.3 Å². The van der Waals surface area contributed by atoms with E-state index in [-0.39, 0.29) is 29.5 Å². The molecular weight excluding hydrogens is 613 g/mol. The van der Waals surface area contributed by atoms with Gasteiger partial charge >= 0.3 is 7.60 Å². The van der Waals surface area contributed by atoms with E-state index in [0.717, 1.165) is 17.5 Å². The zero-order valence-corrected chi connectivity index (χ0v) is 25.3. The number of thiophene rings is 1. The van der Waals surface area contributed by atoms with Crippen molar-refractivity contribution in [3.8, 4) is 0 Å². The molecule has 232 valence electrons. The Bertz CT molecular complexity index is 1690. The highest BCUT2D eigenvalue weighted by molar-refractivity contribution is 7.50. The molecule has 6 rings (SSSR count). The summed E-state index contributed by atoms with van der Waals surface area (Å²) in [6.45, 7) is 0.589. The molecule has 14 heteroatoms. The van der Waals surface area contributed by atoms with Crippen molar-refractivity contribution in [2.24, 2.45) is 10.9 Å². The lowest BCUT2D eigenvalue weighted by Crippen LogP contribution is -2.57. The van der Waals surface area contributed by atoms with Gasteiger partial charge in [-0.3, -0.25) is 23.9 Å². The molecule has 3 aliphatic heterocycles. The molecule has 0 spiro atoms. The highest BCUT2D eigenvalue weighted by atomic mass is 32.1. The molecule has 3 aliphatic rings. The first kappa shape index (κ1) is 30.6. The van der Waals surface area contributed by atoms with Crippen LogP contribution >= 0.6 is 18.9 Å². The summed E-state index contributed by atoms with van der Waals surface area (Å²) in [4.78, 5) is 70.3.